The summed E-state index contributed by atoms with van der Waals surface area (Å²) in [7, 11) is 0. The van der Waals surface area contributed by atoms with Gasteiger partial charge in [-0.3, -0.25) is 14.7 Å². The number of nitrogens with zero attached hydrogens (tertiary/aromatic N) is 6. The van der Waals surface area contributed by atoms with E-state index in [0.29, 0.717) is 42.0 Å². The van der Waals surface area contributed by atoms with Gasteiger partial charge in [0.15, 0.2) is 0 Å². The standard InChI is InChI=1S/C24H19N7O/c25-9-16-2-1-3-18(8-16)21-5-4-17(10-28-21)13-31-7-6-22-20(14-31)24(32)30-23(29-22)19-11-26-15-27-12-19/h1-5,8,10-12,15H,6-7,13-14H2,(H,29,30,32). The molecule has 1 N–H and O–H groups in total. The smallest absolute Gasteiger partial charge is 0.255 e. The molecule has 0 unspecified atom stereocenters. The summed E-state index contributed by atoms with van der Waals surface area (Å²) in [4.78, 5) is 35.0. The van der Waals surface area contributed by atoms with Gasteiger partial charge in [0.05, 0.1) is 34.1 Å². The summed E-state index contributed by atoms with van der Waals surface area (Å²) in [6.07, 6.45) is 7.28. The first-order valence-corrected chi connectivity index (χ1v) is 10.2. The molecule has 0 radical (unpaired) electrons. The van der Waals surface area contributed by atoms with Crippen LogP contribution in [0.25, 0.3) is 22.6 Å². The fraction of sp³-hybridized carbons (Fsp3) is 0.167. The summed E-state index contributed by atoms with van der Waals surface area (Å²) >= 11 is 0. The molecule has 0 aliphatic carbocycles. The zero-order valence-electron chi connectivity index (χ0n) is 17.2. The zero-order chi connectivity index (χ0) is 21.9. The van der Waals surface area contributed by atoms with Crippen LogP contribution in [0.15, 0.2) is 66.1 Å². The molecule has 8 nitrogen and oxygen atoms in total. The number of aromatic nitrogens is 5. The van der Waals surface area contributed by atoms with Gasteiger partial charge in [-0.25, -0.2) is 15.0 Å². The molecule has 0 atom stereocenters. The lowest BCUT2D eigenvalue weighted by atomic mass is 10.1. The number of nitrogens with one attached hydrogen (secondary N) is 1. The molecule has 1 aromatic carbocycles. The maximum atomic E-state index is 12.7. The SMILES string of the molecule is N#Cc1cccc(-c2ccc(CN3CCc4nc(-c5cncnc5)[nH]c(=O)c4C3)cn2)c1. The Morgan fingerprint density at radius 2 is 1.97 bits per heavy atom. The predicted octanol–water partition coefficient (Wildman–Crippen LogP) is 2.72. The molecule has 5 rings (SSSR count). The highest BCUT2D eigenvalue weighted by Gasteiger charge is 2.22. The number of hydrogen-bond donors (Lipinski definition) is 1. The van der Waals surface area contributed by atoms with Crippen molar-refractivity contribution in [2.45, 2.75) is 19.5 Å². The van der Waals surface area contributed by atoms with Crippen LogP contribution in [0.1, 0.15) is 22.4 Å². The first-order chi connectivity index (χ1) is 15.7. The van der Waals surface area contributed by atoms with Crippen molar-refractivity contribution in [3.63, 3.8) is 0 Å². The molecule has 0 spiro atoms. The van der Waals surface area contributed by atoms with Crippen molar-refractivity contribution < 1.29 is 0 Å². The van der Waals surface area contributed by atoms with E-state index in [1.165, 1.54) is 6.33 Å². The number of H-pyrrole nitrogens is 1. The molecule has 3 aromatic heterocycles. The second-order valence-electron chi connectivity index (χ2n) is 7.67. The van der Waals surface area contributed by atoms with E-state index in [1.807, 2.05) is 36.5 Å². The maximum Gasteiger partial charge on any atom is 0.255 e. The topological polar surface area (TPSA) is 111 Å². The zero-order valence-corrected chi connectivity index (χ0v) is 17.2. The van der Waals surface area contributed by atoms with Gasteiger partial charge in [0.2, 0.25) is 0 Å². The summed E-state index contributed by atoms with van der Waals surface area (Å²) in [5.41, 5.74) is 5.53. The van der Waals surface area contributed by atoms with E-state index in [2.05, 4.69) is 35.9 Å². The molecule has 4 heterocycles. The molecule has 0 amide bonds. The highest BCUT2D eigenvalue weighted by Crippen LogP contribution is 2.21. The van der Waals surface area contributed by atoms with Gasteiger partial charge in [-0.05, 0) is 23.8 Å². The number of pyridine rings is 1. The molecule has 32 heavy (non-hydrogen) atoms. The van der Waals surface area contributed by atoms with Gasteiger partial charge in [-0.2, -0.15) is 5.26 Å². The van der Waals surface area contributed by atoms with Crippen molar-refractivity contribution in [2.24, 2.45) is 0 Å². The Balaban J connectivity index is 1.31. The van der Waals surface area contributed by atoms with Crippen molar-refractivity contribution in [3.8, 4) is 28.7 Å². The molecule has 0 fully saturated rings. The summed E-state index contributed by atoms with van der Waals surface area (Å²) < 4.78 is 0. The highest BCUT2D eigenvalue weighted by atomic mass is 16.1. The second-order valence-corrected chi connectivity index (χ2v) is 7.67. The molecule has 0 bridgehead atoms. The van der Waals surface area contributed by atoms with Crippen molar-refractivity contribution in [2.75, 3.05) is 6.54 Å². The van der Waals surface area contributed by atoms with Crippen LogP contribution in [0.3, 0.4) is 0 Å². The van der Waals surface area contributed by atoms with Crippen LogP contribution in [0, 0.1) is 11.3 Å². The Morgan fingerprint density at radius 3 is 2.75 bits per heavy atom. The lowest BCUT2D eigenvalue weighted by molar-refractivity contribution is 0.241. The Morgan fingerprint density at radius 1 is 1.09 bits per heavy atom. The molecule has 0 saturated carbocycles. The van der Waals surface area contributed by atoms with Crippen LogP contribution in [-0.2, 0) is 19.5 Å². The molecule has 0 saturated heterocycles. The van der Waals surface area contributed by atoms with E-state index in [4.69, 9.17) is 5.26 Å². The van der Waals surface area contributed by atoms with Gasteiger partial charge in [0, 0.05) is 50.2 Å². The highest BCUT2D eigenvalue weighted by molar-refractivity contribution is 5.61. The van der Waals surface area contributed by atoms with Crippen molar-refractivity contribution >= 4 is 0 Å². The van der Waals surface area contributed by atoms with E-state index < -0.39 is 0 Å². The van der Waals surface area contributed by atoms with Crippen LogP contribution in [-0.4, -0.2) is 36.4 Å². The van der Waals surface area contributed by atoms with Gasteiger partial charge < -0.3 is 4.98 Å². The molecular formula is C24H19N7O. The van der Waals surface area contributed by atoms with Gasteiger partial charge in [0.25, 0.3) is 5.56 Å². The first-order valence-electron chi connectivity index (χ1n) is 10.2. The fourth-order valence-corrected chi connectivity index (χ4v) is 3.87. The average molecular weight is 421 g/mol. The fourth-order valence-electron chi connectivity index (χ4n) is 3.87. The molecule has 1 aliphatic heterocycles. The number of benzene rings is 1. The number of aromatic amines is 1. The molecule has 156 valence electrons. The van der Waals surface area contributed by atoms with Gasteiger partial charge in [0.1, 0.15) is 12.2 Å². The van der Waals surface area contributed by atoms with Crippen molar-refractivity contribution in [3.05, 3.63) is 94.1 Å². The second kappa shape index (κ2) is 8.49. The third-order valence-corrected chi connectivity index (χ3v) is 5.50. The van der Waals surface area contributed by atoms with Crippen molar-refractivity contribution in [1.82, 2.24) is 29.8 Å². The van der Waals surface area contributed by atoms with Crippen LogP contribution in [0.2, 0.25) is 0 Å². The van der Waals surface area contributed by atoms with Gasteiger partial charge >= 0.3 is 0 Å². The normalized spacial score (nSPS) is 13.3. The monoisotopic (exact) mass is 421 g/mol. The largest absolute Gasteiger partial charge is 0.306 e. The molecule has 1 aliphatic rings. The molecule has 8 heteroatoms. The summed E-state index contributed by atoms with van der Waals surface area (Å²) in [5.74, 6) is 0.503. The van der Waals surface area contributed by atoms with Gasteiger partial charge in [-0.15, -0.1) is 0 Å². The Bertz CT molecular complexity index is 1360. The number of rotatable bonds is 4. The lowest BCUT2D eigenvalue weighted by Crippen LogP contribution is -2.35. The lowest BCUT2D eigenvalue weighted by Gasteiger charge is -2.27. The van der Waals surface area contributed by atoms with Crippen LogP contribution in [0.5, 0.6) is 0 Å². The predicted molar refractivity (Wildman–Crippen MR) is 118 cm³/mol. The van der Waals surface area contributed by atoms with E-state index >= 15 is 0 Å². The Kier molecular flexibility index (Phi) is 5.24. The van der Waals surface area contributed by atoms with Crippen molar-refractivity contribution in [1.29, 1.82) is 5.26 Å². The van der Waals surface area contributed by atoms with Crippen LogP contribution < -0.4 is 5.56 Å². The Labute approximate surface area is 184 Å². The van der Waals surface area contributed by atoms with Crippen LogP contribution >= 0.6 is 0 Å². The van der Waals surface area contributed by atoms with E-state index in [1.54, 1.807) is 18.5 Å². The van der Waals surface area contributed by atoms with E-state index in [-0.39, 0.29) is 5.56 Å². The third kappa shape index (κ3) is 4.02. The molecular weight excluding hydrogens is 402 g/mol. The number of hydrogen-bond acceptors (Lipinski definition) is 7. The minimum absolute atomic E-state index is 0.121. The minimum Gasteiger partial charge on any atom is -0.306 e. The summed E-state index contributed by atoms with van der Waals surface area (Å²) in [6, 6.07) is 13.6. The maximum absolute atomic E-state index is 12.7. The number of fused-ring (bicyclic) bond motifs is 1. The molecule has 4 aromatic rings. The van der Waals surface area contributed by atoms with Gasteiger partial charge in [-0.1, -0.05) is 18.2 Å². The third-order valence-electron chi connectivity index (χ3n) is 5.50. The number of nitriles is 1. The minimum atomic E-state index is -0.121. The first kappa shape index (κ1) is 19.7. The quantitative estimate of drug-likeness (QED) is 0.539. The summed E-state index contributed by atoms with van der Waals surface area (Å²) in [5, 5.41) is 9.09. The summed E-state index contributed by atoms with van der Waals surface area (Å²) in [6.45, 7) is 2.04. The average Bonchev–Trinajstić information content (AvgIpc) is 2.85. The Hall–Kier alpha value is -4.22. The van der Waals surface area contributed by atoms with E-state index in [9.17, 15) is 4.79 Å². The van der Waals surface area contributed by atoms with E-state index in [0.717, 1.165) is 29.1 Å². The van der Waals surface area contributed by atoms with Crippen LogP contribution in [0.4, 0.5) is 0 Å².